The van der Waals surface area contributed by atoms with E-state index < -0.39 is 9.84 Å². The molecule has 0 spiro atoms. The number of amides is 1. The van der Waals surface area contributed by atoms with Crippen LogP contribution in [0.15, 0.2) is 24.3 Å². The summed E-state index contributed by atoms with van der Waals surface area (Å²) >= 11 is 0. The first-order valence-electron chi connectivity index (χ1n) is 8.75. The number of rotatable bonds is 7. The van der Waals surface area contributed by atoms with Crippen molar-refractivity contribution in [3.8, 4) is 5.75 Å². The van der Waals surface area contributed by atoms with Crippen molar-refractivity contribution in [3.63, 3.8) is 0 Å². The maximum atomic E-state index is 12.3. The Morgan fingerprint density at radius 2 is 2.04 bits per heavy atom. The minimum atomic E-state index is -3.03. The third kappa shape index (κ3) is 3.74. The summed E-state index contributed by atoms with van der Waals surface area (Å²) in [5, 5.41) is 0. The van der Waals surface area contributed by atoms with Gasteiger partial charge in [0.25, 0.3) is 0 Å². The van der Waals surface area contributed by atoms with E-state index in [1.165, 1.54) is 12.8 Å². The topological polar surface area (TPSA) is 63.7 Å². The molecule has 1 amide bonds. The zero-order chi connectivity index (χ0) is 17.2. The summed E-state index contributed by atoms with van der Waals surface area (Å²) < 4.78 is 29.5. The molecular weight excluding hydrogens is 326 g/mol. The van der Waals surface area contributed by atoms with E-state index in [-0.39, 0.29) is 29.4 Å². The first-order valence-corrected chi connectivity index (χ1v) is 10.6. The van der Waals surface area contributed by atoms with E-state index in [1.54, 1.807) is 4.90 Å². The number of fused-ring (bicyclic) bond motifs is 1. The third-order valence-electron chi connectivity index (χ3n) is 4.84. The number of anilines is 1. The van der Waals surface area contributed by atoms with Gasteiger partial charge in [-0.3, -0.25) is 4.79 Å². The van der Waals surface area contributed by atoms with Gasteiger partial charge >= 0.3 is 0 Å². The molecule has 2 atom stereocenters. The molecule has 2 aliphatic rings. The molecule has 6 heteroatoms. The van der Waals surface area contributed by atoms with Crippen molar-refractivity contribution in [1.29, 1.82) is 0 Å². The van der Waals surface area contributed by atoms with Crippen LogP contribution in [0.2, 0.25) is 0 Å². The molecule has 0 unspecified atom stereocenters. The Hall–Kier alpha value is -1.56. The second-order valence-electron chi connectivity index (χ2n) is 6.78. The summed E-state index contributed by atoms with van der Waals surface area (Å²) in [6.45, 7) is 2.84. The van der Waals surface area contributed by atoms with Crippen LogP contribution >= 0.6 is 0 Å². The molecule has 24 heavy (non-hydrogen) atoms. The molecule has 0 N–H and O–H groups in total. The molecule has 3 rings (SSSR count). The Morgan fingerprint density at radius 1 is 1.21 bits per heavy atom. The van der Waals surface area contributed by atoms with Crippen LogP contribution in [0, 0.1) is 5.92 Å². The number of ether oxygens (including phenoxy) is 1. The molecule has 0 aromatic heterocycles. The zero-order valence-electron chi connectivity index (χ0n) is 14.1. The molecular formula is C18H25NO4S. The lowest BCUT2D eigenvalue weighted by atomic mass is 10.0. The average molecular weight is 351 g/mol. The highest BCUT2D eigenvalue weighted by atomic mass is 32.2. The maximum Gasteiger partial charge on any atom is 0.227 e. The smallest absolute Gasteiger partial charge is 0.227 e. The molecule has 0 saturated carbocycles. The van der Waals surface area contributed by atoms with Crippen LogP contribution in [0.5, 0.6) is 5.75 Å². The van der Waals surface area contributed by atoms with Gasteiger partial charge < -0.3 is 9.64 Å². The fourth-order valence-electron chi connectivity index (χ4n) is 3.67. The standard InChI is InChI=1S/C18H25NO4S/c1-2-3-4-5-9-23-16-8-6-7-15(11-16)19-17-13-24(21,22)12-14(17)10-18(19)20/h6-8,11,14,17H,2-5,9-10,12-13H2,1H3/t14-,17-/m1/s1. The van der Waals surface area contributed by atoms with E-state index in [0.29, 0.717) is 13.0 Å². The SMILES string of the molecule is CCCCCCOc1cccc(N2C(=O)C[C@@H]3CS(=O)(=O)C[C@H]32)c1. The van der Waals surface area contributed by atoms with E-state index in [9.17, 15) is 13.2 Å². The molecule has 1 aromatic rings. The van der Waals surface area contributed by atoms with Gasteiger partial charge in [-0.05, 0) is 18.6 Å². The highest BCUT2D eigenvalue weighted by Gasteiger charge is 2.49. The summed E-state index contributed by atoms with van der Waals surface area (Å²) in [5.41, 5.74) is 0.746. The number of nitrogens with zero attached hydrogens (tertiary/aromatic N) is 1. The van der Waals surface area contributed by atoms with Crippen molar-refractivity contribution in [3.05, 3.63) is 24.3 Å². The van der Waals surface area contributed by atoms with Crippen LogP contribution in [0.25, 0.3) is 0 Å². The Kier molecular flexibility index (Phi) is 5.13. The molecule has 0 radical (unpaired) electrons. The van der Waals surface area contributed by atoms with Gasteiger partial charge in [0.2, 0.25) is 5.91 Å². The van der Waals surface area contributed by atoms with Crippen molar-refractivity contribution in [2.24, 2.45) is 5.92 Å². The first-order chi connectivity index (χ1) is 11.5. The quantitative estimate of drug-likeness (QED) is 0.709. The van der Waals surface area contributed by atoms with Gasteiger partial charge in [-0.2, -0.15) is 0 Å². The second-order valence-corrected chi connectivity index (χ2v) is 8.93. The predicted octanol–water partition coefficient (Wildman–Crippen LogP) is 2.80. The van der Waals surface area contributed by atoms with Gasteiger partial charge in [0, 0.05) is 24.1 Å². The number of sulfone groups is 1. The highest BCUT2D eigenvalue weighted by molar-refractivity contribution is 7.91. The van der Waals surface area contributed by atoms with Gasteiger partial charge in [0.15, 0.2) is 9.84 Å². The predicted molar refractivity (Wildman–Crippen MR) is 94.1 cm³/mol. The van der Waals surface area contributed by atoms with Crippen molar-refractivity contribution in [1.82, 2.24) is 0 Å². The molecule has 0 aliphatic carbocycles. The molecule has 132 valence electrons. The van der Waals surface area contributed by atoms with Crippen molar-refractivity contribution in [2.45, 2.75) is 45.1 Å². The van der Waals surface area contributed by atoms with Crippen LogP contribution in [-0.4, -0.2) is 38.5 Å². The number of unbranched alkanes of at least 4 members (excludes halogenated alkanes) is 3. The molecule has 2 heterocycles. The normalized spacial score (nSPS) is 25.0. The number of hydrogen-bond donors (Lipinski definition) is 0. The van der Waals surface area contributed by atoms with Gasteiger partial charge in [-0.25, -0.2) is 8.42 Å². The number of carbonyl (C=O) groups is 1. The van der Waals surface area contributed by atoms with Crippen LogP contribution in [0.1, 0.15) is 39.0 Å². The summed E-state index contributed by atoms with van der Waals surface area (Å²) in [6, 6.07) is 7.23. The Labute approximate surface area is 143 Å². The van der Waals surface area contributed by atoms with Gasteiger partial charge in [0.05, 0.1) is 24.2 Å². The number of hydrogen-bond acceptors (Lipinski definition) is 4. The zero-order valence-corrected chi connectivity index (χ0v) is 14.9. The summed E-state index contributed by atoms with van der Waals surface area (Å²) in [6.07, 6.45) is 4.90. The summed E-state index contributed by atoms with van der Waals surface area (Å²) in [7, 11) is -3.03. The van der Waals surface area contributed by atoms with Crippen LogP contribution in [-0.2, 0) is 14.6 Å². The van der Waals surface area contributed by atoms with E-state index in [1.807, 2.05) is 24.3 Å². The Bertz CT molecular complexity index is 701. The minimum Gasteiger partial charge on any atom is -0.494 e. The van der Waals surface area contributed by atoms with Crippen molar-refractivity contribution < 1.29 is 17.9 Å². The van der Waals surface area contributed by atoms with E-state index in [4.69, 9.17) is 4.74 Å². The van der Waals surface area contributed by atoms with Crippen molar-refractivity contribution >= 4 is 21.4 Å². The average Bonchev–Trinajstić information content (AvgIpc) is 2.97. The first kappa shape index (κ1) is 17.3. The summed E-state index contributed by atoms with van der Waals surface area (Å²) in [4.78, 5) is 14.0. The fourth-order valence-corrected chi connectivity index (χ4v) is 5.74. The maximum absolute atomic E-state index is 12.3. The number of benzene rings is 1. The lowest BCUT2D eigenvalue weighted by Crippen LogP contribution is -2.36. The Morgan fingerprint density at radius 3 is 2.83 bits per heavy atom. The minimum absolute atomic E-state index is 0.0139. The Balaban J connectivity index is 1.68. The molecule has 2 saturated heterocycles. The summed E-state index contributed by atoms with van der Waals surface area (Å²) in [5.74, 6) is 0.890. The van der Waals surface area contributed by atoms with Crippen LogP contribution in [0.3, 0.4) is 0 Å². The van der Waals surface area contributed by atoms with Crippen molar-refractivity contribution in [2.75, 3.05) is 23.0 Å². The van der Waals surface area contributed by atoms with Crippen LogP contribution < -0.4 is 9.64 Å². The highest BCUT2D eigenvalue weighted by Crippen LogP contribution is 2.38. The second kappa shape index (κ2) is 7.13. The van der Waals surface area contributed by atoms with Gasteiger partial charge in [-0.1, -0.05) is 32.3 Å². The molecule has 2 fully saturated rings. The van der Waals surface area contributed by atoms with E-state index >= 15 is 0 Å². The fraction of sp³-hybridized carbons (Fsp3) is 0.611. The third-order valence-corrected chi connectivity index (χ3v) is 6.62. The van der Waals surface area contributed by atoms with Gasteiger partial charge in [0.1, 0.15) is 5.75 Å². The van der Waals surface area contributed by atoms with Gasteiger partial charge in [-0.15, -0.1) is 0 Å². The van der Waals surface area contributed by atoms with E-state index in [0.717, 1.165) is 24.3 Å². The number of carbonyl (C=O) groups excluding carboxylic acids is 1. The molecule has 0 bridgehead atoms. The molecule has 1 aromatic carbocycles. The monoisotopic (exact) mass is 351 g/mol. The van der Waals surface area contributed by atoms with E-state index in [2.05, 4.69) is 6.92 Å². The van der Waals surface area contributed by atoms with Crippen LogP contribution in [0.4, 0.5) is 5.69 Å². The lowest BCUT2D eigenvalue weighted by molar-refractivity contribution is -0.117. The largest absolute Gasteiger partial charge is 0.494 e. The molecule has 2 aliphatic heterocycles. The molecule has 5 nitrogen and oxygen atoms in total. The lowest BCUT2D eigenvalue weighted by Gasteiger charge is -2.23.